The lowest BCUT2D eigenvalue weighted by Crippen LogP contribution is -2.41. The van der Waals surface area contributed by atoms with Crippen LogP contribution in [0.4, 0.5) is 5.69 Å². The Hall–Kier alpha value is -2.25. The SMILES string of the molecule is Cc1c(CN)nnn1-c1ccc(N2CCOCC2=O)cc1. The molecule has 2 heterocycles. The molecule has 1 amide bonds. The molecule has 1 aromatic carbocycles. The number of ether oxygens (including phenoxy) is 1. The molecule has 1 saturated heterocycles. The molecule has 0 spiro atoms. The van der Waals surface area contributed by atoms with E-state index in [2.05, 4.69) is 10.3 Å². The molecule has 0 radical (unpaired) electrons. The highest BCUT2D eigenvalue weighted by atomic mass is 16.5. The molecule has 1 fully saturated rings. The smallest absolute Gasteiger partial charge is 0.253 e. The number of carbonyl (C=O) groups excluding carboxylic acids is 1. The van der Waals surface area contributed by atoms with Crippen LogP contribution in [0.2, 0.25) is 0 Å². The number of amides is 1. The van der Waals surface area contributed by atoms with Crippen LogP contribution in [0.5, 0.6) is 0 Å². The molecule has 21 heavy (non-hydrogen) atoms. The van der Waals surface area contributed by atoms with Crippen molar-refractivity contribution in [2.75, 3.05) is 24.7 Å². The minimum Gasteiger partial charge on any atom is -0.370 e. The number of hydrogen-bond donors (Lipinski definition) is 1. The fraction of sp³-hybridized carbons (Fsp3) is 0.357. The zero-order chi connectivity index (χ0) is 14.8. The van der Waals surface area contributed by atoms with Crippen molar-refractivity contribution in [2.45, 2.75) is 13.5 Å². The molecule has 1 aromatic heterocycles. The lowest BCUT2D eigenvalue weighted by atomic mass is 10.2. The minimum absolute atomic E-state index is 0.0173. The molecular weight excluding hydrogens is 270 g/mol. The van der Waals surface area contributed by atoms with Gasteiger partial charge in [-0.25, -0.2) is 4.68 Å². The summed E-state index contributed by atoms with van der Waals surface area (Å²) in [5.41, 5.74) is 9.07. The Balaban J connectivity index is 1.86. The van der Waals surface area contributed by atoms with E-state index < -0.39 is 0 Å². The number of hydrogen-bond acceptors (Lipinski definition) is 5. The minimum atomic E-state index is -0.0173. The maximum absolute atomic E-state index is 11.8. The van der Waals surface area contributed by atoms with Gasteiger partial charge in [0.25, 0.3) is 5.91 Å². The van der Waals surface area contributed by atoms with Crippen molar-refractivity contribution >= 4 is 11.6 Å². The molecule has 1 aliphatic rings. The molecule has 110 valence electrons. The van der Waals surface area contributed by atoms with E-state index >= 15 is 0 Å². The van der Waals surface area contributed by atoms with Crippen molar-refractivity contribution in [3.05, 3.63) is 35.7 Å². The third-order valence-corrected chi connectivity index (χ3v) is 3.58. The van der Waals surface area contributed by atoms with E-state index in [1.54, 1.807) is 9.58 Å². The number of anilines is 1. The number of carbonyl (C=O) groups is 1. The zero-order valence-electron chi connectivity index (χ0n) is 11.8. The van der Waals surface area contributed by atoms with E-state index in [4.69, 9.17) is 10.5 Å². The average Bonchev–Trinajstić information content (AvgIpc) is 2.89. The Morgan fingerprint density at radius 2 is 2.00 bits per heavy atom. The summed E-state index contributed by atoms with van der Waals surface area (Å²) in [7, 11) is 0. The third kappa shape index (κ3) is 2.53. The molecule has 0 unspecified atom stereocenters. The highest BCUT2D eigenvalue weighted by Gasteiger charge is 2.20. The van der Waals surface area contributed by atoms with Crippen LogP contribution in [-0.2, 0) is 16.1 Å². The molecule has 3 rings (SSSR count). The standard InChI is InChI=1S/C14H17N5O2/c1-10-13(8-15)16-17-19(10)12-4-2-11(3-5-12)18-6-7-21-9-14(18)20/h2-5H,6-9,15H2,1H3. The fourth-order valence-electron chi connectivity index (χ4n) is 2.36. The summed E-state index contributed by atoms with van der Waals surface area (Å²) < 4.78 is 6.88. The fourth-order valence-corrected chi connectivity index (χ4v) is 2.36. The van der Waals surface area contributed by atoms with Gasteiger partial charge in [-0.1, -0.05) is 5.21 Å². The number of nitrogens with zero attached hydrogens (tertiary/aromatic N) is 4. The van der Waals surface area contributed by atoms with E-state index in [0.717, 1.165) is 22.8 Å². The summed E-state index contributed by atoms with van der Waals surface area (Å²) in [6.07, 6.45) is 0. The van der Waals surface area contributed by atoms with E-state index in [1.165, 1.54) is 0 Å². The van der Waals surface area contributed by atoms with Gasteiger partial charge in [-0.05, 0) is 31.2 Å². The predicted octanol–water partition coefficient (Wildman–Crippen LogP) is 0.398. The molecule has 0 bridgehead atoms. The van der Waals surface area contributed by atoms with Crippen LogP contribution in [-0.4, -0.2) is 40.7 Å². The second-order valence-corrected chi connectivity index (χ2v) is 4.85. The summed E-state index contributed by atoms with van der Waals surface area (Å²) >= 11 is 0. The Labute approximate surface area is 122 Å². The molecule has 0 saturated carbocycles. The van der Waals surface area contributed by atoms with Gasteiger partial charge in [-0.3, -0.25) is 4.79 Å². The van der Waals surface area contributed by atoms with Gasteiger partial charge < -0.3 is 15.4 Å². The van der Waals surface area contributed by atoms with Gasteiger partial charge in [-0.2, -0.15) is 0 Å². The Morgan fingerprint density at radius 1 is 1.29 bits per heavy atom. The topological polar surface area (TPSA) is 86.3 Å². The molecule has 0 atom stereocenters. The zero-order valence-corrected chi connectivity index (χ0v) is 11.8. The first-order chi connectivity index (χ1) is 10.2. The van der Waals surface area contributed by atoms with E-state index in [9.17, 15) is 4.79 Å². The molecule has 2 N–H and O–H groups in total. The molecule has 7 nitrogen and oxygen atoms in total. The average molecular weight is 287 g/mol. The summed E-state index contributed by atoms with van der Waals surface area (Å²) in [4.78, 5) is 13.5. The van der Waals surface area contributed by atoms with Gasteiger partial charge in [0.15, 0.2) is 0 Å². The normalized spacial score (nSPS) is 15.5. The van der Waals surface area contributed by atoms with Crippen molar-refractivity contribution in [1.29, 1.82) is 0 Å². The van der Waals surface area contributed by atoms with Crippen molar-refractivity contribution in [2.24, 2.45) is 5.73 Å². The largest absolute Gasteiger partial charge is 0.370 e. The Morgan fingerprint density at radius 3 is 2.62 bits per heavy atom. The second-order valence-electron chi connectivity index (χ2n) is 4.85. The van der Waals surface area contributed by atoms with Crippen molar-refractivity contribution in [3.63, 3.8) is 0 Å². The van der Waals surface area contributed by atoms with Gasteiger partial charge >= 0.3 is 0 Å². The van der Waals surface area contributed by atoms with E-state index in [-0.39, 0.29) is 12.5 Å². The molecule has 2 aromatic rings. The predicted molar refractivity (Wildman–Crippen MR) is 77.2 cm³/mol. The van der Waals surface area contributed by atoms with Crippen LogP contribution in [0, 0.1) is 6.92 Å². The summed E-state index contributed by atoms with van der Waals surface area (Å²) in [5.74, 6) is -0.0173. The van der Waals surface area contributed by atoms with E-state index in [1.807, 2.05) is 31.2 Å². The quantitative estimate of drug-likeness (QED) is 0.883. The van der Waals surface area contributed by atoms with Crippen molar-refractivity contribution < 1.29 is 9.53 Å². The number of aromatic nitrogens is 3. The summed E-state index contributed by atoms with van der Waals surface area (Å²) in [6, 6.07) is 7.64. The first kappa shape index (κ1) is 13.7. The van der Waals surface area contributed by atoms with Gasteiger partial charge in [0, 0.05) is 18.8 Å². The third-order valence-electron chi connectivity index (χ3n) is 3.58. The molecule has 7 heteroatoms. The van der Waals surface area contributed by atoms with Crippen molar-refractivity contribution in [1.82, 2.24) is 15.0 Å². The second kappa shape index (κ2) is 5.63. The first-order valence-corrected chi connectivity index (χ1v) is 6.80. The highest BCUT2D eigenvalue weighted by molar-refractivity contribution is 5.94. The van der Waals surface area contributed by atoms with Crippen LogP contribution < -0.4 is 10.6 Å². The Bertz CT molecular complexity index is 650. The number of rotatable bonds is 3. The first-order valence-electron chi connectivity index (χ1n) is 6.80. The Kier molecular flexibility index (Phi) is 3.68. The van der Waals surface area contributed by atoms with Crippen molar-refractivity contribution in [3.8, 4) is 5.69 Å². The maximum Gasteiger partial charge on any atom is 0.253 e. The van der Waals surface area contributed by atoms with Crippen LogP contribution in [0.3, 0.4) is 0 Å². The lowest BCUT2D eigenvalue weighted by Gasteiger charge is -2.26. The number of morpholine rings is 1. The summed E-state index contributed by atoms with van der Waals surface area (Å²) in [6.45, 7) is 3.59. The van der Waals surface area contributed by atoms with Gasteiger partial charge in [0.05, 0.1) is 23.7 Å². The van der Waals surface area contributed by atoms with Crippen LogP contribution in [0.1, 0.15) is 11.4 Å². The summed E-state index contributed by atoms with van der Waals surface area (Å²) in [5, 5.41) is 8.14. The van der Waals surface area contributed by atoms with Crippen LogP contribution >= 0.6 is 0 Å². The molecule has 1 aliphatic heterocycles. The molecule has 0 aliphatic carbocycles. The maximum atomic E-state index is 11.8. The monoisotopic (exact) mass is 287 g/mol. The highest BCUT2D eigenvalue weighted by Crippen LogP contribution is 2.20. The van der Waals surface area contributed by atoms with E-state index in [0.29, 0.717) is 19.7 Å². The van der Waals surface area contributed by atoms with Crippen LogP contribution in [0.25, 0.3) is 5.69 Å². The lowest BCUT2D eigenvalue weighted by molar-refractivity contribution is -0.125. The van der Waals surface area contributed by atoms with Gasteiger partial charge in [0.1, 0.15) is 6.61 Å². The van der Waals surface area contributed by atoms with Gasteiger partial charge in [0.2, 0.25) is 0 Å². The number of nitrogens with two attached hydrogens (primary N) is 1. The number of benzene rings is 1. The molecular formula is C14H17N5O2. The van der Waals surface area contributed by atoms with Gasteiger partial charge in [-0.15, -0.1) is 5.10 Å². The van der Waals surface area contributed by atoms with Crippen LogP contribution in [0.15, 0.2) is 24.3 Å².